The van der Waals surface area contributed by atoms with Gasteiger partial charge in [-0.05, 0) is 31.9 Å². The van der Waals surface area contributed by atoms with E-state index in [4.69, 9.17) is 0 Å². The molecule has 7 nitrogen and oxygen atoms in total. The summed E-state index contributed by atoms with van der Waals surface area (Å²) in [6.07, 6.45) is 1.81. The Balaban J connectivity index is 2.10. The number of nitro groups is 1. The zero-order valence-corrected chi connectivity index (χ0v) is 11.3. The Labute approximate surface area is 119 Å². The van der Waals surface area contributed by atoms with Crippen LogP contribution in [-0.2, 0) is 4.79 Å². The molecule has 0 heterocycles. The first-order valence-corrected chi connectivity index (χ1v) is 6.43. The Morgan fingerprint density at radius 1 is 1.43 bits per heavy atom. The van der Waals surface area contributed by atoms with E-state index in [0.29, 0.717) is 0 Å². The van der Waals surface area contributed by atoms with E-state index in [9.17, 15) is 24.1 Å². The van der Waals surface area contributed by atoms with E-state index in [1.165, 1.54) is 6.92 Å². The Hall–Kier alpha value is -2.51. The predicted molar refractivity (Wildman–Crippen MR) is 71.1 cm³/mol. The van der Waals surface area contributed by atoms with Crippen molar-refractivity contribution in [3.8, 4) is 0 Å². The van der Waals surface area contributed by atoms with Gasteiger partial charge in [-0.1, -0.05) is 0 Å². The smallest absolute Gasteiger partial charge is 0.282 e. The monoisotopic (exact) mass is 295 g/mol. The third kappa shape index (κ3) is 3.74. The number of nitrogens with one attached hydrogen (secondary N) is 2. The van der Waals surface area contributed by atoms with E-state index < -0.39 is 33.9 Å². The molecule has 2 N–H and O–H groups in total. The van der Waals surface area contributed by atoms with E-state index in [1.54, 1.807) is 0 Å². The maximum Gasteiger partial charge on any atom is 0.282 e. The number of nitro benzene ring substituents is 1. The number of carbonyl (C=O) groups is 2. The molecule has 0 bridgehead atoms. The van der Waals surface area contributed by atoms with E-state index in [-0.39, 0.29) is 11.9 Å². The van der Waals surface area contributed by atoms with Gasteiger partial charge >= 0.3 is 0 Å². The summed E-state index contributed by atoms with van der Waals surface area (Å²) in [5.74, 6) is -2.00. The Morgan fingerprint density at radius 2 is 2.10 bits per heavy atom. The van der Waals surface area contributed by atoms with Gasteiger partial charge in [-0.25, -0.2) is 4.39 Å². The quantitative estimate of drug-likeness (QED) is 0.628. The predicted octanol–water partition coefficient (Wildman–Crippen LogP) is 1.13. The van der Waals surface area contributed by atoms with Crippen LogP contribution in [0.4, 0.5) is 10.1 Å². The average molecular weight is 295 g/mol. The highest BCUT2D eigenvalue weighted by Gasteiger charge is 2.28. The Kier molecular flexibility index (Phi) is 4.15. The van der Waals surface area contributed by atoms with Crippen LogP contribution in [0, 0.1) is 15.9 Å². The molecule has 2 rings (SSSR count). The third-order valence-corrected chi connectivity index (χ3v) is 3.06. The molecule has 0 aliphatic heterocycles. The van der Waals surface area contributed by atoms with Crippen molar-refractivity contribution in [2.75, 3.05) is 0 Å². The van der Waals surface area contributed by atoms with E-state index >= 15 is 0 Å². The van der Waals surface area contributed by atoms with Crippen LogP contribution >= 0.6 is 0 Å². The lowest BCUT2D eigenvalue weighted by Crippen LogP contribution is -2.45. The fourth-order valence-electron chi connectivity index (χ4n) is 1.74. The van der Waals surface area contributed by atoms with Gasteiger partial charge in [0.15, 0.2) is 0 Å². The largest absolute Gasteiger partial charge is 0.352 e. The van der Waals surface area contributed by atoms with Crippen LogP contribution in [0.25, 0.3) is 0 Å². The van der Waals surface area contributed by atoms with E-state index in [2.05, 4.69) is 10.6 Å². The number of carbonyl (C=O) groups excluding carboxylic acids is 2. The standard InChI is InChI=1S/C13H14FN3O4/c1-7(12(18)16-9-3-4-9)15-13(19)10-6-8(14)2-5-11(10)17(20)21/h2,5-7,9H,3-4H2,1H3,(H,15,19)(H,16,18). The fraction of sp³-hybridized carbons (Fsp3) is 0.385. The molecular weight excluding hydrogens is 281 g/mol. The molecular formula is C13H14FN3O4. The van der Waals surface area contributed by atoms with Gasteiger partial charge < -0.3 is 10.6 Å². The van der Waals surface area contributed by atoms with Crippen molar-refractivity contribution >= 4 is 17.5 Å². The lowest BCUT2D eigenvalue weighted by Gasteiger charge is -2.13. The molecule has 0 radical (unpaired) electrons. The number of nitrogens with zero attached hydrogens (tertiary/aromatic N) is 1. The first-order valence-electron chi connectivity index (χ1n) is 6.43. The van der Waals surface area contributed by atoms with Crippen molar-refractivity contribution < 1.29 is 18.9 Å². The summed E-state index contributed by atoms with van der Waals surface area (Å²) in [6, 6.07) is 1.87. The first kappa shape index (κ1) is 14.9. The molecule has 0 spiro atoms. The van der Waals surface area contributed by atoms with Crippen molar-refractivity contribution in [3.05, 3.63) is 39.7 Å². The van der Waals surface area contributed by atoms with Crippen LogP contribution in [-0.4, -0.2) is 28.8 Å². The number of hydrogen-bond donors (Lipinski definition) is 2. The minimum Gasteiger partial charge on any atom is -0.352 e. The summed E-state index contributed by atoms with van der Waals surface area (Å²) < 4.78 is 13.2. The molecule has 1 fully saturated rings. The van der Waals surface area contributed by atoms with Gasteiger partial charge in [0.2, 0.25) is 5.91 Å². The highest BCUT2D eigenvalue weighted by molar-refractivity contribution is 6.00. The van der Waals surface area contributed by atoms with Gasteiger partial charge in [-0.2, -0.15) is 0 Å². The third-order valence-electron chi connectivity index (χ3n) is 3.06. The van der Waals surface area contributed by atoms with Crippen LogP contribution < -0.4 is 10.6 Å². The molecule has 8 heteroatoms. The van der Waals surface area contributed by atoms with E-state index in [0.717, 1.165) is 31.0 Å². The molecule has 21 heavy (non-hydrogen) atoms. The fourth-order valence-corrected chi connectivity index (χ4v) is 1.74. The average Bonchev–Trinajstić information content (AvgIpc) is 3.21. The molecule has 1 aromatic carbocycles. The van der Waals surface area contributed by atoms with Crippen LogP contribution in [0.2, 0.25) is 0 Å². The second kappa shape index (κ2) is 5.86. The molecule has 1 saturated carbocycles. The van der Waals surface area contributed by atoms with Crippen molar-refractivity contribution in [2.45, 2.75) is 31.8 Å². The molecule has 1 aliphatic carbocycles. The summed E-state index contributed by atoms with van der Waals surface area (Å²) in [6.45, 7) is 1.46. The number of halogens is 1. The zero-order valence-electron chi connectivity index (χ0n) is 11.3. The van der Waals surface area contributed by atoms with Crippen LogP contribution in [0.15, 0.2) is 18.2 Å². The highest BCUT2D eigenvalue weighted by atomic mass is 19.1. The lowest BCUT2D eigenvalue weighted by atomic mass is 10.1. The van der Waals surface area contributed by atoms with Gasteiger partial charge in [0, 0.05) is 12.1 Å². The molecule has 0 aromatic heterocycles. The number of benzene rings is 1. The lowest BCUT2D eigenvalue weighted by molar-refractivity contribution is -0.385. The molecule has 112 valence electrons. The Morgan fingerprint density at radius 3 is 2.67 bits per heavy atom. The summed E-state index contributed by atoms with van der Waals surface area (Å²) in [4.78, 5) is 33.7. The normalized spacial score (nSPS) is 15.1. The first-order chi connectivity index (χ1) is 9.88. The molecule has 2 amide bonds. The maximum absolute atomic E-state index is 13.2. The maximum atomic E-state index is 13.2. The van der Waals surface area contributed by atoms with Gasteiger partial charge in [0.25, 0.3) is 11.6 Å². The minimum absolute atomic E-state index is 0.139. The second-order valence-corrected chi connectivity index (χ2v) is 4.90. The summed E-state index contributed by atoms with van der Waals surface area (Å²) in [7, 11) is 0. The molecule has 1 unspecified atom stereocenters. The Bertz CT molecular complexity index is 601. The molecule has 1 aromatic rings. The van der Waals surface area contributed by atoms with E-state index in [1.807, 2.05) is 0 Å². The number of rotatable bonds is 5. The van der Waals surface area contributed by atoms with Gasteiger partial charge in [0.05, 0.1) is 4.92 Å². The summed E-state index contributed by atoms with van der Waals surface area (Å²) in [5, 5.41) is 15.9. The van der Waals surface area contributed by atoms with Gasteiger partial charge in [-0.3, -0.25) is 19.7 Å². The summed E-state index contributed by atoms with van der Waals surface area (Å²) >= 11 is 0. The number of amides is 2. The molecule has 1 atom stereocenters. The van der Waals surface area contributed by atoms with Gasteiger partial charge in [0.1, 0.15) is 17.4 Å². The molecule has 1 aliphatic rings. The minimum atomic E-state index is -0.861. The second-order valence-electron chi connectivity index (χ2n) is 4.90. The zero-order chi connectivity index (χ0) is 15.6. The van der Waals surface area contributed by atoms with Crippen molar-refractivity contribution in [1.82, 2.24) is 10.6 Å². The van der Waals surface area contributed by atoms with Crippen molar-refractivity contribution in [1.29, 1.82) is 0 Å². The summed E-state index contributed by atoms with van der Waals surface area (Å²) in [5.41, 5.74) is -0.922. The topological polar surface area (TPSA) is 101 Å². The van der Waals surface area contributed by atoms with Gasteiger partial charge in [-0.15, -0.1) is 0 Å². The molecule has 0 saturated heterocycles. The van der Waals surface area contributed by atoms with Crippen LogP contribution in [0.3, 0.4) is 0 Å². The highest BCUT2D eigenvalue weighted by Crippen LogP contribution is 2.20. The number of hydrogen-bond acceptors (Lipinski definition) is 4. The van der Waals surface area contributed by atoms with Crippen molar-refractivity contribution in [2.24, 2.45) is 0 Å². The van der Waals surface area contributed by atoms with Crippen LogP contribution in [0.1, 0.15) is 30.1 Å². The van der Waals surface area contributed by atoms with Crippen molar-refractivity contribution in [3.63, 3.8) is 0 Å². The van der Waals surface area contributed by atoms with Crippen LogP contribution in [0.5, 0.6) is 0 Å². The SMILES string of the molecule is CC(NC(=O)c1cc(F)ccc1[N+](=O)[O-])C(=O)NC1CC1.